The predicted octanol–water partition coefficient (Wildman–Crippen LogP) is 3.78. The molecule has 0 spiro atoms. The van der Waals surface area contributed by atoms with Gasteiger partial charge in [0.1, 0.15) is 23.7 Å². The van der Waals surface area contributed by atoms with Crippen LogP contribution in [0.25, 0.3) is 0 Å². The Kier molecular flexibility index (Phi) is 3.97. The number of benzene rings is 1. The van der Waals surface area contributed by atoms with Crippen molar-refractivity contribution in [3.8, 4) is 11.6 Å². The molecule has 1 heterocycles. The van der Waals surface area contributed by atoms with Crippen LogP contribution < -0.4 is 10.1 Å². The zero-order valence-corrected chi connectivity index (χ0v) is 11.1. The van der Waals surface area contributed by atoms with Gasteiger partial charge in [-0.15, -0.1) is 0 Å². The highest BCUT2D eigenvalue weighted by atomic mass is 19.4. The van der Waals surface area contributed by atoms with Crippen molar-refractivity contribution in [2.24, 2.45) is 0 Å². The Hall–Kier alpha value is -2.38. The lowest BCUT2D eigenvalue weighted by Gasteiger charge is -2.12. The maximum Gasteiger partial charge on any atom is 0.419 e. The van der Waals surface area contributed by atoms with E-state index in [1.165, 1.54) is 6.33 Å². The highest BCUT2D eigenvalue weighted by Gasteiger charge is 2.34. The third kappa shape index (κ3) is 3.21. The molecule has 2 aromatic rings. The Bertz CT molecular complexity index is 658. The maximum atomic E-state index is 13.2. The number of hydrogen-bond donors (Lipinski definition) is 1. The third-order valence-corrected chi connectivity index (χ3v) is 2.73. The maximum absolute atomic E-state index is 13.2. The average molecular weight is 301 g/mol. The molecular formula is C13H11F4N3O. The Morgan fingerprint density at radius 3 is 2.52 bits per heavy atom. The fourth-order valence-electron chi connectivity index (χ4n) is 1.69. The first kappa shape index (κ1) is 15.0. The number of alkyl halides is 3. The van der Waals surface area contributed by atoms with Crippen LogP contribution in [0.1, 0.15) is 11.1 Å². The van der Waals surface area contributed by atoms with Gasteiger partial charge in [-0.05, 0) is 25.1 Å². The molecule has 8 heteroatoms. The zero-order valence-electron chi connectivity index (χ0n) is 11.1. The minimum Gasteiger partial charge on any atom is -0.439 e. The van der Waals surface area contributed by atoms with Gasteiger partial charge in [0.15, 0.2) is 0 Å². The highest BCUT2D eigenvalue weighted by molar-refractivity contribution is 5.48. The summed E-state index contributed by atoms with van der Waals surface area (Å²) in [5.41, 5.74) is -0.863. The monoisotopic (exact) mass is 301 g/mol. The van der Waals surface area contributed by atoms with Gasteiger partial charge in [0.25, 0.3) is 0 Å². The molecule has 0 amide bonds. The van der Waals surface area contributed by atoms with Gasteiger partial charge in [-0.2, -0.15) is 13.2 Å². The highest BCUT2D eigenvalue weighted by Crippen LogP contribution is 2.35. The van der Waals surface area contributed by atoms with E-state index >= 15 is 0 Å². The molecule has 0 fully saturated rings. The Morgan fingerprint density at radius 2 is 1.90 bits per heavy atom. The minimum atomic E-state index is -4.79. The van der Waals surface area contributed by atoms with Gasteiger partial charge < -0.3 is 10.1 Å². The summed E-state index contributed by atoms with van der Waals surface area (Å²) in [6.07, 6.45) is -3.58. The van der Waals surface area contributed by atoms with Crippen LogP contribution in [0.4, 0.5) is 23.4 Å². The van der Waals surface area contributed by atoms with Crippen LogP contribution in [-0.2, 0) is 6.18 Å². The molecular weight excluding hydrogens is 290 g/mol. The largest absolute Gasteiger partial charge is 0.439 e. The van der Waals surface area contributed by atoms with E-state index in [1.54, 1.807) is 14.0 Å². The molecule has 1 aromatic carbocycles. The normalized spacial score (nSPS) is 11.3. The van der Waals surface area contributed by atoms with Crippen LogP contribution >= 0.6 is 0 Å². The van der Waals surface area contributed by atoms with Crippen molar-refractivity contribution in [2.75, 3.05) is 12.4 Å². The van der Waals surface area contributed by atoms with Crippen LogP contribution in [0.3, 0.4) is 0 Å². The molecule has 21 heavy (non-hydrogen) atoms. The van der Waals surface area contributed by atoms with Crippen molar-refractivity contribution < 1.29 is 22.3 Å². The number of rotatable bonds is 3. The van der Waals surface area contributed by atoms with Crippen molar-refractivity contribution in [3.05, 3.63) is 41.5 Å². The van der Waals surface area contributed by atoms with E-state index in [-0.39, 0.29) is 11.6 Å². The van der Waals surface area contributed by atoms with Crippen molar-refractivity contribution >= 4 is 5.82 Å². The second-order valence-corrected chi connectivity index (χ2v) is 4.14. The summed E-state index contributed by atoms with van der Waals surface area (Å²) in [4.78, 5) is 7.78. The number of aromatic nitrogens is 2. The molecule has 1 N–H and O–H groups in total. The van der Waals surface area contributed by atoms with Crippen molar-refractivity contribution in [2.45, 2.75) is 13.1 Å². The van der Waals surface area contributed by atoms with Gasteiger partial charge in [-0.3, -0.25) is 0 Å². The fourth-order valence-corrected chi connectivity index (χ4v) is 1.69. The van der Waals surface area contributed by atoms with E-state index in [1.807, 2.05) is 0 Å². The number of anilines is 1. The van der Waals surface area contributed by atoms with Crippen LogP contribution in [0.2, 0.25) is 0 Å². The van der Waals surface area contributed by atoms with Crippen molar-refractivity contribution in [3.63, 3.8) is 0 Å². The Balaban J connectivity index is 2.37. The smallest absolute Gasteiger partial charge is 0.419 e. The summed E-state index contributed by atoms with van der Waals surface area (Å²) >= 11 is 0. The molecule has 0 saturated heterocycles. The molecule has 112 valence electrons. The molecule has 0 aliphatic heterocycles. The van der Waals surface area contributed by atoms with Gasteiger partial charge in [-0.25, -0.2) is 14.4 Å². The molecule has 0 atom stereocenters. The summed E-state index contributed by atoms with van der Waals surface area (Å²) in [5.74, 6) is -0.940. The lowest BCUT2D eigenvalue weighted by Crippen LogP contribution is -2.08. The van der Waals surface area contributed by atoms with Crippen molar-refractivity contribution in [1.29, 1.82) is 0 Å². The van der Waals surface area contributed by atoms with E-state index in [4.69, 9.17) is 4.74 Å². The molecule has 0 unspecified atom stereocenters. The summed E-state index contributed by atoms with van der Waals surface area (Å²) in [6, 6.07) is 2.40. The van der Waals surface area contributed by atoms with E-state index in [0.29, 0.717) is 23.5 Å². The molecule has 1 aromatic heterocycles. The number of ether oxygens (including phenoxy) is 1. The predicted molar refractivity (Wildman–Crippen MR) is 67.8 cm³/mol. The molecule has 0 aliphatic carbocycles. The van der Waals surface area contributed by atoms with Gasteiger partial charge in [0, 0.05) is 7.05 Å². The van der Waals surface area contributed by atoms with Crippen molar-refractivity contribution in [1.82, 2.24) is 9.97 Å². The average Bonchev–Trinajstić information content (AvgIpc) is 2.42. The van der Waals surface area contributed by atoms with Crippen LogP contribution in [0, 0.1) is 12.7 Å². The summed E-state index contributed by atoms with van der Waals surface area (Å²) in [7, 11) is 1.64. The van der Waals surface area contributed by atoms with Crippen LogP contribution in [0.15, 0.2) is 24.5 Å². The fraction of sp³-hybridized carbons (Fsp3) is 0.231. The SMILES string of the molecule is CNc1ncnc(Oc2ccc(F)c(C(F)(F)F)c2)c1C. The quantitative estimate of drug-likeness (QED) is 0.877. The summed E-state index contributed by atoms with van der Waals surface area (Å²) < 4.78 is 56.4. The number of nitrogens with one attached hydrogen (secondary N) is 1. The minimum absolute atomic E-state index is 0.0917. The molecule has 4 nitrogen and oxygen atoms in total. The standard InChI is InChI=1S/C13H11F4N3O/c1-7-11(18-2)19-6-20-12(7)21-8-3-4-10(14)9(5-8)13(15,16)17/h3-6H,1-2H3,(H,18,19,20). The first-order valence-electron chi connectivity index (χ1n) is 5.87. The number of hydrogen-bond acceptors (Lipinski definition) is 4. The van der Waals surface area contributed by atoms with Gasteiger partial charge in [0.2, 0.25) is 5.88 Å². The van der Waals surface area contributed by atoms with E-state index in [9.17, 15) is 17.6 Å². The molecule has 0 saturated carbocycles. The first-order chi connectivity index (χ1) is 9.82. The number of halogens is 4. The molecule has 0 radical (unpaired) electrons. The third-order valence-electron chi connectivity index (χ3n) is 2.73. The first-order valence-corrected chi connectivity index (χ1v) is 5.87. The van der Waals surface area contributed by atoms with Gasteiger partial charge in [0.05, 0.1) is 11.1 Å². The second kappa shape index (κ2) is 5.55. The summed E-state index contributed by atoms with van der Waals surface area (Å²) in [5, 5.41) is 2.80. The Morgan fingerprint density at radius 1 is 1.19 bits per heavy atom. The van der Waals surface area contributed by atoms with E-state index < -0.39 is 17.6 Å². The van der Waals surface area contributed by atoms with Crippen LogP contribution in [-0.4, -0.2) is 17.0 Å². The Labute approximate surface area is 117 Å². The molecule has 2 rings (SSSR count). The van der Waals surface area contributed by atoms with Crippen LogP contribution in [0.5, 0.6) is 11.6 Å². The van der Waals surface area contributed by atoms with E-state index in [2.05, 4.69) is 15.3 Å². The lowest BCUT2D eigenvalue weighted by atomic mass is 10.2. The zero-order chi connectivity index (χ0) is 15.6. The number of nitrogens with zero attached hydrogens (tertiary/aromatic N) is 2. The van der Waals surface area contributed by atoms with Gasteiger partial charge >= 0.3 is 6.18 Å². The molecule has 0 bridgehead atoms. The van der Waals surface area contributed by atoms with E-state index in [0.717, 1.165) is 6.07 Å². The second-order valence-electron chi connectivity index (χ2n) is 4.14. The topological polar surface area (TPSA) is 47.0 Å². The van der Waals surface area contributed by atoms with Gasteiger partial charge in [-0.1, -0.05) is 0 Å². The summed E-state index contributed by atoms with van der Waals surface area (Å²) in [6.45, 7) is 1.65. The molecule has 0 aliphatic rings. The lowest BCUT2D eigenvalue weighted by molar-refractivity contribution is -0.140.